The van der Waals surface area contributed by atoms with Gasteiger partial charge >= 0.3 is 0 Å². The Morgan fingerprint density at radius 1 is 1.47 bits per heavy atom. The number of halogens is 1. The molecule has 0 N–H and O–H groups in total. The van der Waals surface area contributed by atoms with E-state index in [-0.39, 0.29) is 12.0 Å². The first-order chi connectivity index (χ1) is 9.22. The van der Waals surface area contributed by atoms with Crippen molar-refractivity contribution in [3.05, 3.63) is 23.5 Å². The number of pyridine rings is 1. The minimum Gasteiger partial charge on any atom is -0.487 e. The van der Waals surface area contributed by atoms with Crippen molar-refractivity contribution in [3.8, 4) is 5.75 Å². The van der Waals surface area contributed by atoms with E-state index in [2.05, 4.69) is 4.98 Å². The molecule has 1 saturated heterocycles. The number of rotatable bonds is 4. The zero-order valence-corrected chi connectivity index (χ0v) is 11.5. The third-order valence-corrected chi connectivity index (χ3v) is 3.97. The Hall–Kier alpha value is -1.29. The molecule has 2 fully saturated rings. The second kappa shape index (κ2) is 5.37. The van der Waals surface area contributed by atoms with Crippen LogP contribution in [0.1, 0.15) is 25.7 Å². The minimum absolute atomic E-state index is 0.0445. The molecule has 1 aliphatic carbocycles. The van der Waals surface area contributed by atoms with Gasteiger partial charge in [-0.2, -0.15) is 0 Å². The van der Waals surface area contributed by atoms with Crippen molar-refractivity contribution in [2.45, 2.75) is 31.8 Å². The fraction of sp³-hybridized carbons (Fsp3) is 0.571. The average Bonchev–Trinajstić information content (AvgIpc) is 3.08. The van der Waals surface area contributed by atoms with Crippen molar-refractivity contribution < 1.29 is 9.53 Å². The number of likely N-dealkylation sites (tertiary alicyclic amines) is 1. The van der Waals surface area contributed by atoms with Crippen LogP contribution in [0.5, 0.6) is 5.75 Å². The highest BCUT2D eigenvalue weighted by atomic mass is 35.5. The molecule has 1 aromatic heterocycles. The topological polar surface area (TPSA) is 42.4 Å². The predicted octanol–water partition coefficient (Wildman–Crippen LogP) is 2.51. The Kier molecular flexibility index (Phi) is 3.60. The molecule has 0 aromatic carbocycles. The Morgan fingerprint density at radius 3 is 3.05 bits per heavy atom. The summed E-state index contributed by atoms with van der Waals surface area (Å²) in [6.07, 6.45) is 7.28. The van der Waals surface area contributed by atoms with Crippen LogP contribution >= 0.6 is 11.6 Å². The summed E-state index contributed by atoms with van der Waals surface area (Å²) in [5.74, 6) is 1.56. The van der Waals surface area contributed by atoms with Gasteiger partial charge in [0.25, 0.3) is 0 Å². The molecule has 4 nitrogen and oxygen atoms in total. The van der Waals surface area contributed by atoms with Crippen molar-refractivity contribution in [1.82, 2.24) is 9.88 Å². The fourth-order valence-corrected chi connectivity index (χ4v) is 2.55. The third-order valence-electron chi connectivity index (χ3n) is 3.69. The largest absolute Gasteiger partial charge is 0.487 e. The van der Waals surface area contributed by atoms with Crippen LogP contribution in [0.15, 0.2) is 18.5 Å². The minimum atomic E-state index is 0.0445. The van der Waals surface area contributed by atoms with E-state index >= 15 is 0 Å². The van der Waals surface area contributed by atoms with Gasteiger partial charge in [-0.3, -0.25) is 9.78 Å². The van der Waals surface area contributed by atoms with Gasteiger partial charge in [0.1, 0.15) is 16.9 Å². The maximum absolute atomic E-state index is 12.0. The molecule has 3 rings (SSSR count). The standard InChI is InChI=1S/C14H17ClN2O2/c15-12-8-16-5-3-13(12)19-11-4-6-17(9-11)14(18)7-10-1-2-10/h3,5,8,10-11H,1-2,4,6-7,9H2/t11-/m0/s1. The van der Waals surface area contributed by atoms with Gasteiger partial charge in [-0.25, -0.2) is 0 Å². The van der Waals surface area contributed by atoms with Crippen molar-refractivity contribution in [3.63, 3.8) is 0 Å². The molecule has 1 aliphatic heterocycles. The van der Waals surface area contributed by atoms with Crippen molar-refractivity contribution >= 4 is 17.5 Å². The maximum atomic E-state index is 12.0. The molecule has 0 radical (unpaired) electrons. The van der Waals surface area contributed by atoms with Gasteiger partial charge in [0.2, 0.25) is 5.91 Å². The van der Waals surface area contributed by atoms with Gasteiger partial charge in [0.05, 0.1) is 6.54 Å². The summed E-state index contributed by atoms with van der Waals surface area (Å²) < 4.78 is 5.84. The summed E-state index contributed by atoms with van der Waals surface area (Å²) in [6.45, 7) is 1.46. The molecule has 1 saturated carbocycles. The highest BCUT2D eigenvalue weighted by Gasteiger charge is 2.31. The van der Waals surface area contributed by atoms with Gasteiger partial charge in [-0.15, -0.1) is 0 Å². The maximum Gasteiger partial charge on any atom is 0.222 e. The summed E-state index contributed by atoms with van der Waals surface area (Å²) in [7, 11) is 0. The molecule has 0 bridgehead atoms. The number of hydrogen-bond acceptors (Lipinski definition) is 3. The van der Waals surface area contributed by atoms with E-state index < -0.39 is 0 Å². The molecule has 19 heavy (non-hydrogen) atoms. The highest BCUT2D eigenvalue weighted by Crippen LogP contribution is 2.33. The van der Waals surface area contributed by atoms with Crippen molar-refractivity contribution in [2.24, 2.45) is 5.92 Å². The van der Waals surface area contributed by atoms with E-state index in [0.717, 1.165) is 13.0 Å². The van der Waals surface area contributed by atoms with Crippen LogP contribution in [-0.4, -0.2) is 35.0 Å². The summed E-state index contributed by atoms with van der Waals surface area (Å²) in [6, 6.07) is 1.76. The first-order valence-corrected chi connectivity index (χ1v) is 7.14. The summed E-state index contributed by atoms with van der Waals surface area (Å²) >= 11 is 6.01. The van der Waals surface area contributed by atoms with E-state index in [1.807, 2.05) is 4.90 Å². The molecule has 2 heterocycles. The molecule has 5 heteroatoms. The number of hydrogen-bond donors (Lipinski definition) is 0. The van der Waals surface area contributed by atoms with Crippen LogP contribution in [0.25, 0.3) is 0 Å². The first kappa shape index (κ1) is 12.7. The zero-order valence-electron chi connectivity index (χ0n) is 10.7. The van der Waals surface area contributed by atoms with E-state index in [1.165, 1.54) is 12.8 Å². The van der Waals surface area contributed by atoms with Crippen molar-refractivity contribution in [2.75, 3.05) is 13.1 Å². The lowest BCUT2D eigenvalue weighted by Crippen LogP contribution is -2.31. The molecular formula is C14H17ClN2O2. The van der Waals surface area contributed by atoms with Gasteiger partial charge in [-0.1, -0.05) is 11.6 Å². The fourth-order valence-electron chi connectivity index (χ4n) is 2.39. The van der Waals surface area contributed by atoms with E-state index in [4.69, 9.17) is 16.3 Å². The molecule has 1 aromatic rings. The van der Waals surface area contributed by atoms with E-state index in [1.54, 1.807) is 18.5 Å². The van der Waals surface area contributed by atoms with Crippen LogP contribution in [0, 0.1) is 5.92 Å². The molecule has 1 atom stereocenters. The second-order valence-electron chi connectivity index (χ2n) is 5.32. The molecule has 0 unspecified atom stereocenters. The van der Waals surface area contributed by atoms with Crippen LogP contribution in [0.3, 0.4) is 0 Å². The zero-order chi connectivity index (χ0) is 13.2. The lowest BCUT2D eigenvalue weighted by atomic mass is 10.2. The number of amides is 1. The number of carbonyl (C=O) groups is 1. The predicted molar refractivity (Wildman–Crippen MR) is 72.2 cm³/mol. The molecule has 0 spiro atoms. The Balaban J connectivity index is 1.54. The number of ether oxygens (including phenoxy) is 1. The molecule has 2 aliphatic rings. The smallest absolute Gasteiger partial charge is 0.222 e. The van der Waals surface area contributed by atoms with E-state index in [9.17, 15) is 4.79 Å². The summed E-state index contributed by atoms with van der Waals surface area (Å²) in [5, 5.41) is 0.519. The monoisotopic (exact) mass is 280 g/mol. The quantitative estimate of drug-likeness (QED) is 0.851. The average molecular weight is 281 g/mol. The summed E-state index contributed by atoms with van der Waals surface area (Å²) in [5.41, 5.74) is 0. The third kappa shape index (κ3) is 3.18. The summed E-state index contributed by atoms with van der Waals surface area (Å²) in [4.78, 5) is 17.8. The lowest BCUT2D eigenvalue weighted by molar-refractivity contribution is -0.130. The Bertz CT molecular complexity index is 476. The van der Waals surface area contributed by atoms with Crippen LogP contribution in [0.4, 0.5) is 0 Å². The molecule has 1 amide bonds. The molecule has 102 valence electrons. The highest BCUT2D eigenvalue weighted by molar-refractivity contribution is 6.31. The Labute approximate surface area is 117 Å². The normalized spacial score (nSPS) is 22.6. The van der Waals surface area contributed by atoms with Crippen molar-refractivity contribution in [1.29, 1.82) is 0 Å². The van der Waals surface area contributed by atoms with Crippen LogP contribution < -0.4 is 4.74 Å². The van der Waals surface area contributed by atoms with Crippen LogP contribution in [0.2, 0.25) is 5.02 Å². The van der Waals surface area contributed by atoms with Gasteiger partial charge in [0.15, 0.2) is 0 Å². The number of aromatic nitrogens is 1. The first-order valence-electron chi connectivity index (χ1n) is 6.76. The van der Waals surface area contributed by atoms with Gasteiger partial charge in [0, 0.05) is 37.8 Å². The molecular weight excluding hydrogens is 264 g/mol. The SMILES string of the molecule is O=C(CC1CC1)N1CC[C@H](Oc2ccncc2Cl)C1. The van der Waals surface area contributed by atoms with Crippen LogP contribution in [-0.2, 0) is 4.79 Å². The lowest BCUT2D eigenvalue weighted by Gasteiger charge is -2.17. The second-order valence-corrected chi connectivity index (χ2v) is 5.73. The Morgan fingerprint density at radius 2 is 2.32 bits per heavy atom. The number of nitrogens with zero attached hydrogens (tertiary/aromatic N) is 2. The number of carbonyl (C=O) groups excluding carboxylic acids is 1. The van der Waals surface area contributed by atoms with Gasteiger partial charge in [-0.05, 0) is 18.8 Å². The van der Waals surface area contributed by atoms with Gasteiger partial charge < -0.3 is 9.64 Å². The van der Waals surface area contributed by atoms with E-state index in [0.29, 0.717) is 29.7 Å².